The largest absolute Gasteiger partial charge is 0.382 e. The molecule has 1 aliphatic carbocycles. The monoisotopic (exact) mass is 425 g/mol. The molecule has 150 valence electrons. The maximum absolute atomic E-state index is 12.5. The molecular weight excluding hydrogens is 402 g/mol. The summed E-state index contributed by atoms with van der Waals surface area (Å²) in [7, 11) is 0. The van der Waals surface area contributed by atoms with Crippen LogP contribution in [0.3, 0.4) is 0 Å². The number of thioether (sulfide) groups is 1. The number of hydrogen-bond donors (Lipinski definition) is 2. The predicted molar refractivity (Wildman–Crippen MR) is 122 cm³/mol. The Bertz CT molecular complexity index is 1000. The van der Waals surface area contributed by atoms with Crippen LogP contribution in [0.5, 0.6) is 0 Å². The number of benzene rings is 2. The number of carbonyl (C=O) groups excluding carboxylic acids is 1. The van der Waals surface area contributed by atoms with Gasteiger partial charge in [0.15, 0.2) is 0 Å². The average Bonchev–Trinajstić information content (AvgIpc) is 2.75. The molecule has 2 aromatic carbocycles. The van der Waals surface area contributed by atoms with Crippen LogP contribution in [0.4, 0.5) is 5.69 Å². The molecule has 2 N–H and O–H groups in total. The number of halogens is 1. The topological polar surface area (TPSA) is 54.0 Å². The predicted octanol–water partition coefficient (Wildman–Crippen LogP) is 5.76. The van der Waals surface area contributed by atoms with Crippen molar-refractivity contribution in [2.24, 2.45) is 0 Å². The summed E-state index contributed by atoms with van der Waals surface area (Å²) in [5.74, 6) is 0.0195. The van der Waals surface area contributed by atoms with Crippen LogP contribution >= 0.6 is 23.4 Å². The van der Waals surface area contributed by atoms with Crippen LogP contribution in [-0.4, -0.2) is 29.2 Å². The molecule has 29 heavy (non-hydrogen) atoms. The number of pyridine rings is 1. The quantitative estimate of drug-likeness (QED) is 0.510. The van der Waals surface area contributed by atoms with Crippen molar-refractivity contribution in [3.8, 4) is 0 Å². The van der Waals surface area contributed by atoms with E-state index in [1.807, 2.05) is 61.0 Å². The molecule has 0 unspecified atom stereocenters. The second-order valence-corrected chi connectivity index (χ2v) is 8.73. The van der Waals surface area contributed by atoms with Crippen LogP contribution in [0.15, 0.2) is 59.6 Å². The Morgan fingerprint density at radius 2 is 1.76 bits per heavy atom. The van der Waals surface area contributed by atoms with Gasteiger partial charge in [-0.05, 0) is 80.5 Å². The van der Waals surface area contributed by atoms with E-state index in [4.69, 9.17) is 11.6 Å². The summed E-state index contributed by atoms with van der Waals surface area (Å²) in [5, 5.41) is 8.64. The number of hydrogen-bond acceptors (Lipinski definition) is 4. The van der Waals surface area contributed by atoms with E-state index in [1.54, 1.807) is 11.8 Å². The van der Waals surface area contributed by atoms with Gasteiger partial charge in [-0.3, -0.25) is 9.78 Å². The summed E-state index contributed by atoms with van der Waals surface area (Å²) in [6.45, 7) is 0. The lowest BCUT2D eigenvalue weighted by molar-refractivity contribution is 0.0926. The van der Waals surface area contributed by atoms with Crippen LogP contribution in [0, 0.1) is 0 Å². The minimum atomic E-state index is 0.0195. The summed E-state index contributed by atoms with van der Waals surface area (Å²) < 4.78 is 0. The molecule has 0 bridgehead atoms. The molecule has 1 fully saturated rings. The van der Waals surface area contributed by atoms with Gasteiger partial charge in [0.25, 0.3) is 5.91 Å². The number of anilines is 1. The number of nitrogens with one attached hydrogen (secondary N) is 2. The normalized spacial score (nSPS) is 19.1. The van der Waals surface area contributed by atoms with Gasteiger partial charge in [0.1, 0.15) is 0 Å². The second-order valence-electron chi connectivity index (χ2n) is 7.41. The van der Waals surface area contributed by atoms with Gasteiger partial charge in [-0.25, -0.2) is 0 Å². The molecule has 0 saturated heterocycles. The molecule has 1 aliphatic rings. The Balaban J connectivity index is 1.33. The standard InChI is InChI=1S/C23H24ClN3OS/c1-29-19-9-2-15(3-10-19)23(28)27-18-7-5-17(6-8-18)26-21-12-13-25-22-14-16(24)4-11-20(21)22/h2-4,9-14,17-18H,5-8H2,1H3,(H,25,26)(H,27,28)/t17-,18+. The fraction of sp³-hybridized carbons (Fsp3) is 0.304. The molecule has 1 aromatic heterocycles. The number of amides is 1. The molecule has 0 atom stereocenters. The van der Waals surface area contributed by atoms with Crippen LogP contribution in [0.1, 0.15) is 36.0 Å². The van der Waals surface area contributed by atoms with Crippen molar-refractivity contribution in [3.05, 3.63) is 65.3 Å². The maximum atomic E-state index is 12.5. The molecule has 0 radical (unpaired) electrons. The highest BCUT2D eigenvalue weighted by Gasteiger charge is 2.23. The Morgan fingerprint density at radius 1 is 1.03 bits per heavy atom. The van der Waals surface area contributed by atoms with Gasteiger partial charge in [-0.2, -0.15) is 0 Å². The van der Waals surface area contributed by atoms with E-state index in [2.05, 4.69) is 15.6 Å². The fourth-order valence-corrected chi connectivity index (χ4v) is 4.43. The first kappa shape index (κ1) is 20.0. The van der Waals surface area contributed by atoms with Gasteiger partial charge in [-0.1, -0.05) is 11.6 Å². The van der Waals surface area contributed by atoms with Crippen molar-refractivity contribution in [2.45, 2.75) is 42.7 Å². The zero-order valence-electron chi connectivity index (χ0n) is 16.3. The zero-order chi connectivity index (χ0) is 20.2. The number of carbonyl (C=O) groups is 1. The summed E-state index contributed by atoms with van der Waals surface area (Å²) in [6, 6.07) is 16.2. The molecule has 3 aromatic rings. The smallest absolute Gasteiger partial charge is 0.251 e. The third-order valence-corrected chi connectivity index (χ3v) is 6.46. The fourth-order valence-electron chi connectivity index (χ4n) is 3.86. The van der Waals surface area contributed by atoms with Crippen molar-refractivity contribution < 1.29 is 4.79 Å². The minimum absolute atomic E-state index is 0.0195. The highest BCUT2D eigenvalue weighted by Crippen LogP contribution is 2.28. The highest BCUT2D eigenvalue weighted by atomic mass is 35.5. The molecule has 0 aliphatic heterocycles. The molecule has 1 amide bonds. The van der Waals surface area contributed by atoms with Gasteiger partial charge < -0.3 is 10.6 Å². The van der Waals surface area contributed by atoms with Crippen LogP contribution < -0.4 is 10.6 Å². The van der Waals surface area contributed by atoms with E-state index in [-0.39, 0.29) is 11.9 Å². The van der Waals surface area contributed by atoms with Crippen molar-refractivity contribution in [1.82, 2.24) is 10.3 Å². The lowest BCUT2D eigenvalue weighted by atomic mass is 9.90. The van der Waals surface area contributed by atoms with Crippen LogP contribution in [-0.2, 0) is 0 Å². The average molecular weight is 426 g/mol. The first-order chi connectivity index (χ1) is 14.1. The lowest BCUT2D eigenvalue weighted by Gasteiger charge is -2.30. The zero-order valence-corrected chi connectivity index (χ0v) is 17.9. The molecule has 1 heterocycles. The summed E-state index contributed by atoms with van der Waals surface area (Å²) >= 11 is 7.76. The van der Waals surface area contributed by atoms with E-state index in [1.165, 1.54) is 4.90 Å². The van der Waals surface area contributed by atoms with Gasteiger partial charge >= 0.3 is 0 Å². The Morgan fingerprint density at radius 3 is 2.48 bits per heavy atom. The SMILES string of the molecule is CSc1ccc(C(=O)N[C@H]2CC[C@@H](Nc3ccnc4cc(Cl)ccc34)CC2)cc1. The Kier molecular flexibility index (Phi) is 6.26. The van der Waals surface area contributed by atoms with Crippen LogP contribution in [0.2, 0.25) is 5.02 Å². The summed E-state index contributed by atoms with van der Waals surface area (Å²) in [5.41, 5.74) is 2.72. The molecule has 4 rings (SSSR count). The van der Waals surface area contributed by atoms with Gasteiger partial charge in [0, 0.05) is 44.8 Å². The van der Waals surface area contributed by atoms with Gasteiger partial charge in [-0.15, -0.1) is 11.8 Å². The van der Waals surface area contributed by atoms with Crippen molar-refractivity contribution in [3.63, 3.8) is 0 Å². The van der Waals surface area contributed by atoms with Gasteiger partial charge in [0.05, 0.1) is 5.52 Å². The number of rotatable bonds is 5. The molecular formula is C23H24ClN3OS. The van der Waals surface area contributed by atoms with E-state index in [0.29, 0.717) is 11.1 Å². The van der Waals surface area contributed by atoms with E-state index in [0.717, 1.165) is 47.8 Å². The van der Waals surface area contributed by atoms with E-state index in [9.17, 15) is 4.79 Å². The maximum Gasteiger partial charge on any atom is 0.251 e. The third-order valence-electron chi connectivity index (χ3n) is 5.48. The molecule has 4 nitrogen and oxygen atoms in total. The number of nitrogens with zero attached hydrogens (tertiary/aromatic N) is 1. The first-order valence-corrected chi connectivity index (χ1v) is 11.5. The molecule has 6 heteroatoms. The lowest BCUT2D eigenvalue weighted by Crippen LogP contribution is -2.40. The summed E-state index contributed by atoms with van der Waals surface area (Å²) in [6.07, 6.45) is 7.84. The van der Waals surface area contributed by atoms with Crippen LogP contribution in [0.25, 0.3) is 10.9 Å². The Hall–Kier alpha value is -2.24. The molecule has 1 saturated carbocycles. The van der Waals surface area contributed by atoms with Gasteiger partial charge in [0.2, 0.25) is 0 Å². The highest BCUT2D eigenvalue weighted by molar-refractivity contribution is 7.98. The van der Waals surface area contributed by atoms with Crippen molar-refractivity contribution in [2.75, 3.05) is 11.6 Å². The van der Waals surface area contributed by atoms with E-state index >= 15 is 0 Å². The molecule has 0 spiro atoms. The minimum Gasteiger partial charge on any atom is -0.382 e. The number of aromatic nitrogens is 1. The van der Waals surface area contributed by atoms with Crippen molar-refractivity contribution in [1.29, 1.82) is 0 Å². The third kappa shape index (κ3) is 4.85. The first-order valence-electron chi connectivity index (χ1n) is 9.88. The van der Waals surface area contributed by atoms with Crippen molar-refractivity contribution >= 4 is 45.9 Å². The van der Waals surface area contributed by atoms with E-state index < -0.39 is 0 Å². The summed E-state index contributed by atoms with van der Waals surface area (Å²) in [4.78, 5) is 18.1. The second kappa shape index (κ2) is 9.06. The Labute approximate surface area is 180 Å². The number of fused-ring (bicyclic) bond motifs is 1.